The summed E-state index contributed by atoms with van der Waals surface area (Å²) in [6.45, 7) is 3.97. The molecule has 1 aliphatic heterocycles. The first-order valence-corrected chi connectivity index (χ1v) is 7.30. The Morgan fingerprint density at radius 1 is 1.17 bits per heavy atom. The molecule has 3 nitrogen and oxygen atoms in total. The van der Waals surface area contributed by atoms with Crippen LogP contribution in [-0.4, -0.2) is 29.2 Å². The van der Waals surface area contributed by atoms with Crippen molar-refractivity contribution in [3.05, 3.63) is 11.6 Å². The lowest BCUT2D eigenvalue weighted by Crippen LogP contribution is -2.37. The number of ether oxygens (including phenoxy) is 2. The minimum Gasteiger partial charge on any atom is -0.393 e. The van der Waals surface area contributed by atoms with Crippen LogP contribution in [0.25, 0.3) is 0 Å². The normalized spacial score (nSPS) is 43.4. The van der Waals surface area contributed by atoms with E-state index in [0.29, 0.717) is 5.92 Å². The molecule has 0 aromatic heterocycles. The number of rotatable bonds is 1. The third-order valence-electron chi connectivity index (χ3n) is 4.50. The summed E-state index contributed by atoms with van der Waals surface area (Å²) < 4.78 is 12.0. The van der Waals surface area contributed by atoms with Crippen LogP contribution in [0.1, 0.15) is 52.4 Å². The molecule has 0 amide bonds. The van der Waals surface area contributed by atoms with E-state index in [0.717, 1.165) is 32.1 Å². The van der Waals surface area contributed by atoms with Crippen LogP contribution in [0.15, 0.2) is 11.6 Å². The van der Waals surface area contributed by atoms with Crippen molar-refractivity contribution in [1.82, 2.24) is 0 Å². The van der Waals surface area contributed by atoms with Crippen molar-refractivity contribution in [2.45, 2.75) is 76.5 Å². The van der Waals surface area contributed by atoms with Gasteiger partial charge in [-0.15, -0.1) is 0 Å². The van der Waals surface area contributed by atoms with E-state index in [1.807, 2.05) is 13.8 Å². The molecule has 1 heterocycles. The van der Waals surface area contributed by atoms with Crippen molar-refractivity contribution in [2.24, 2.45) is 5.92 Å². The second-order valence-corrected chi connectivity index (χ2v) is 6.33. The number of fused-ring (bicyclic) bond motifs is 1. The van der Waals surface area contributed by atoms with Crippen molar-refractivity contribution in [3.63, 3.8) is 0 Å². The van der Waals surface area contributed by atoms with Crippen molar-refractivity contribution in [3.8, 4) is 0 Å². The zero-order valence-corrected chi connectivity index (χ0v) is 11.4. The molecule has 0 bridgehead atoms. The lowest BCUT2D eigenvalue weighted by Gasteiger charge is -2.35. The van der Waals surface area contributed by atoms with Crippen LogP contribution in [0.2, 0.25) is 0 Å². The van der Waals surface area contributed by atoms with Crippen LogP contribution in [0.5, 0.6) is 0 Å². The van der Waals surface area contributed by atoms with Gasteiger partial charge in [0.2, 0.25) is 0 Å². The second kappa shape index (κ2) is 4.62. The molecule has 4 atom stereocenters. The molecule has 0 aromatic rings. The fraction of sp³-hybridized carbons (Fsp3) is 0.867. The van der Waals surface area contributed by atoms with E-state index in [9.17, 15) is 5.11 Å². The molecule has 1 saturated heterocycles. The highest BCUT2D eigenvalue weighted by molar-refractivity contribution is 5.21. The Bertz CT molecular complexity index is 348. The van der Waals surface area contributed by atoms with Gasteiger partial charge in [-0.2, -0.15) is 0 Å². The quantitative estimate of drug-likeness (QED) is 0.729. The number of hydrogen-bond donors (Lipinski definition) is 1. The number of hydrogen-bond acceptors (Lipinski definition) is 3. The molecule has 2 fully saturated rings. The van der Waals surface area contributed by atoms with Gasteiger partial charge in [0.05, 0.1) is 12.2 Å². The van der Waals surface area contributed by atoms with Crippen molar-refractivity contribution < 1.29 is 14.6 Å². The van der Waals surface area contributed by atoms with E-state index in [4.69, 9.17) is 9.47 Å². The molecule has 1 N–H and O–H groups in total. The van der Waals surface area contributed by atoms with Gasteiger partial charge in [-0.3, -0.25) is 0 Å². The highest BCUT2D eigenvalue weighted by Crippen LogP contribution is 2.43. The van der Waals surface area contributed by atoms with Gasteiger partial charge in [0.1, 0.15) is 6.10 Å². The average Bonchev–Trinajstić information content (AvgIpc) is 2.63. The Kier molecular flexibility index (Phi) is 3.25. The standard InChI is InChI=1S/C15H24O3/c1-15(2)17-13-9-5-7-11(14(13)18-15)10-6-3-4-8-12(10)16/h7,10,12-14,16H,3-6,8-9H2,1-2H3/t10-,12+,13-,14+/m0/s1. The molecular weight excluding hydrogens is 228 g/mol. The van der Waals surface area contributed by atoms with E-state index in [1.54, 1.807) is 0 Å². The van der Waals surface area contributed by atoms with E-state index in [-0.39, 0.29) is 18.3 Å². The SMILES string of the molecule is CC1(C)O[C@H]2CCC=C([C@@H]3CCCC[C@H]3O)[C@H]2O1. The fourth-order valence-electron chi connectivity index (χ4n) is 3.72. The Hall–Kier alpha value is -0.380. The number of allylic oxidation sites excluding steroid dienone is 1. The van der Waals surface area contributed by atoms with Crippen LogP contribution < -0.4 is 0 Å². The lowest BCUT2D eigenvalue weighted by atomic mass is 9.76. The zero-order valence-electron chi connectivity index (χ0n) is 11.4. The number of aliphatic hydroxyl groups is 1. The number of aliphatic hydroxyl groups excluding tert-OH is 1. The third kappa shape index (κ3) is 2.24. The summed E-state index contributed by atoms with van der Waals surface area (Å²) >= 11 is 0. The topological polar surface area (TPSA) is 38.7 Å². The minimum absolute atomic E-state index is 0.0755. The Morgan fingerprint density at radius 2 is 1.94 bits per heavy atom. The molecule has 0 aromatic carbocycles. The highest BCUT2D eigenvalue weighted by atomic mass is 16.7. The molecule has 18 heavy (non-hydrogen) atoms. The molecule has 102 valence electrons. The van der Waals surface area contributed by atoms with Crippen LogP contribution >= 0.6 is 0 Å². The predicted octanol–water partition coefficient (Wildman–Crippen LogP) is 2.78. The first-order chi connectivity index (χ1) is 8.57. The van der Waals surface area contributed by atoms with Gasteiger partial charge >= 0.3 is 0 Å². The van der Waals surface area contributed by atoms with Crippen LogP contribution in [0.4, 0.5) is 0 Å². The van der Waals surface area contributed by atoms with Gasteiger partial charge in [0, 0.05) is 5.92 Å². The first-order valence-electron chi connectivity index (χ1n) is 7.30. The predicted molar refractivity (Wildman–Crippen MR) is 69.1 cm³/mol. The summed E-state index contributed by atoms with van der Waals surface area (Å²) in [6, 6.07) is 0. The van der Waals surface area contributed by atoms with Crippen LogP contribution in [0.3, 0.4) is 0 Å². The molecule has 1 saturated carbocycles. The van der Waals surface area contributed by atoms with E-state index in [1.165, 1.54) is 12.0 Å². The molecule has 0 unspecified atom stereocenters. The van der Waals surface area contributed by atoms with E-state index < -0.39 is 5.79 Å². The molecule has 3 heteroatoms. The Morgan fingerprint density at radius 3 is 2.72 bits per heavy atom. The second-order valence-electron chi connectivity index (χ2n) is 6.33. The van der Waals surface area contributed by atoms with Gasteiger partial charge in [0.15, 0.2) is 5.79 Å². The van der Waals surface area contributed by atoms with Crippen molar-refractivity contribution in [1.29, 1.82) is 0 Å². The van der Waals surface area contributed by atoms with Crippen LogP contribution in [0, 0.1) is 5.92 Å². The van der Waals surface area contributed by atoms with Crippen molar-refractivity contribution in [2.75, 3.05) is 0 Å². The molecular formula is C15H24O3. The molecule has 0 spiro atoms. The first kappa shape index (κ1) is 12.6. The fourth-order valence-corrected chi connectivity index (χ4v) is 3.72. The maximum Gasteiger partial charge on any atom is 0.164 e. The summed E-state index contributed by atoms with van der Waals surface area (Å²) in [5, 5.41) is 10.2. The highest BCUT2D eigenvalue weighted by Gasteiger charge is 2.46. The largest absolute Gasteiger partial charge is 0.393 e. The molecule has 2 aliphatic carbocycles. The maximum atomic E-state index is 10.2. The van der Waals surface area contributed by atoms with E-state index in [2.05, 4.69) is 6.08 Å². The summed E-state index contributed by atoms with van der Waals surface area (Å²) in [7, 11) is 0. The van der Waals surface area contributed by atoms with Crippen LogP contribution in [-0.2, 0) is 9.47 Å². The zero-order chi connectivity index (χ0) is 12.8. The monoisotopic (exact) mass is 252 g/mol. The maximum absolute atomic E-state index is 10.2. The third-order valence-corrected chi connectivity index (χ3v) is 4.50. The average molecular weight is 252 g/mol. The molecule has 0 radical (unpaired) electrons. The summed E-state index contributed by atoms with van der Waals surface area (Å²) in [6.07, 6.45) is 8.88. The van der Waals surface area contributed by atoms with Gasteiger partial charge in [-0.25, -0.2) is 0 Å². The minimum atomic E-state index is -0.474. The van der Waals surface area contributed by atoms with E-state index >= 15 is 0 Å². The van der Waals surface area contributed by atoms with Gasteiger partial charge in [-0.05, 0) is 45.1 Å². The summed E-state index contributed by atoms with van der Waals surface area (Å²) in [4.78, 5) is 0. The smallest absolute Gasteiger partial charge is 0.164 e. The molecule has 3 rings (SSSR count). The lowest BCUT2D eigenvalue weighted by molar-refractivity contribution is -0.144. The molecule has 3 aliphatic rings. The van der Waals surface area contributed by atoms with Gasteiger partial charge in [-0.1, -0.05) is 18.9 Å². The summed E-state index contributed by atoms with van der Waals surface area (Å²) in [5.41, 5.74) is 1.31. The Balaban J connectivity index is 1.81. The van der Waals surface area contributed by atoms with Gasteiger partial charge < -0.3 is 14.6 Å². The van der Waals surface area contributed by atoms with Crippen molar-refractivity contribution >= 4 is 0 Å². The summed E-state index contributed by atoms with van der Waals surface area (Å²) in [5.74, 6) is -0.178. The van der Waals surface area contributed by atoms with Gasteiger partial charge in [0.25, 0.3) is 0 Å². The Labute approximate surface area is 109 Å².